The Morgan fingerprint density at radius 1 is 1.12 bits per heavy atom. The first-order chi connectivity index (χ1) is 11.9. The molecule has 0 aliphatic rings. The molecule has 0 saturated heterocycles. The van der Waals surface area contributed by atoms with Crippen LogP contribution in [-0.4, -0.2) is 20.0 Å². The van der Waals surface area contributed by atoms with Gasteiger partial charge in [-0.15, -0.1) is 0 Å². The second-order valence-electron chi connectivity index (χ2n) is 5.34. The summed E-state index contributed by atoms with van der Waals surface area (Å²) in [5.41, 5.74) is 1.10. The molecule has 5 nitrogen and oxygen atoms in total. The summed E-state index contributed by atoms with van der Waals surface area (Å²) in [4.78, 5) is 4.23. The Kier molecular flexibility index (Phi) is 4.83. The van der Waals surface area contributed by atoms with E-state index < -0.39 is 10.1 Å². The van der Waals surface area contributed by atoms with Gasteiger partial charge in [0.15, 0.2) is 5.75 Å². The number of rotatable bonds is 5. The maximum absolute atomic E-state index is 12.6. The van der Waals surface area contributed by atoms with Crippen LogP contribution in [0, 0.1) is 6.92 Å². The lowest BCUT2D eigenvalue weighted by molar-refractivity contribution is 0.337. The number of nitrogens with zero attached hydrogens (tertiary/aromatic N) is 1. The standard InChI is InChI=1S/C18H16ClNO4S/c1-3-23-16-8-6-13(11-12(16)2)25(21,22)24-17-9-7-15(19)14-5-4-10-20-18(14)17/h4-11H,3H2,1-2H3. The number of hydrogen-bond donors (Lipinski definition) is 0. The molecule has 0 aliphatic heterocycles. The van der Waals surface area contributed by atoms with Crippen molar-refractivity contribution in [3.05, 3.63) is 59.2 Å². The van der Waals surface area contributed by atoms with Gasteiger partial charge in [-0.2, -0.15) is 8.42 Å². The van der Waals surface area contributed by atoms with Crippen molar-refractivity contribution in [2.45, 2.75) is 18.7 Å². The van der Waals surface area contributed by atoms with E-state index in [4.69, 9.17) is 20.5 Å². The van der Waals surface area contributed by atoms with Crippen molar-refractivity contribution in [2.24, 2.45) is 0 Å². The van der Waals surface area contributed by atoms with E-state index in [1.807, 2.05) is 6.92 Å². The lowest BCUT2D eigenvalue weighted by Crippen LogP contribution is -2.10. The maximum Gasteiger partial charge on any atom is 0.339 e. The van der Waals surface area contributed by atoms with Crippen molar-refractivity contribution in [1.29, 1.82) is 0 Å². The first-order valence-electron chi connectivity index (χ1n) is 7.63. The van der Waals surface area contributed by atoms with E-state index in [0.29, 0.717) is 33.8 Å². The molecule has 0 saturated carbocycles. The number of aryl methyl sites for hydroxylation is 1. The average molecular weight is 378 g/mol. The van der Waals surface area contributed by atoms with Crippen LogP contribution in [0.5, 0.6) is 11.5 Å². The molecule has 7 heteroatoms. The molecule has 130 valence electrons. The van der Waals surface area contributed by atoms with Crippen LogP contribution in [0.1, 0.15) is 12.5 Å². The van der Waals surface area contributed by atoms with E-state index in [1.54, 1.807) is 37.4 Å². The number of fused-ring (bicyclic) bond motifs is 1. The Hall–Kier alpha value is -2.31. The lowest BCUT2D eigenvalue weighted by Gasteiger charge is -2.12. The number of benzene rings is 2. The van der Waals surface area contributed by atoms with Gasteiger partial charge in [-0.3, -0.25) is 4.98 Å². The molecule has 0 N–H and O–H groups in total. The van der Waals surface area contributed by atoms with Gasteiger partial charge >= 0.3 is 10.1 Å². The first kappa shape index (κ1) is 17.5. The minimum Gasteiger partial charge on any atom is -0.494 e. The van der Waals surface area contributed by atoms with Crippen molar-refractivity contribution in [3.63, 3.8) is 0 Å². The van der Waals surface area contributed by atoms with Gasteiger partial charge in [0.1, 0.15) is 16.2 Å². The van der Waals surface area contributed by atoms with Crippen LogP contribution in [0.25, 0.3) is 10.9 Å². The zero-order chi connectivity index (χ0) is 18.0. The zero-order valence-corrected chi connectivity index (χ0v) is 15.3. The highest BCUT2D eigenvalue weighted by atomic mass is 35.5. The highest BCUT2D eigenvalue weighted by Crippen LogP contribution is 2.32. The summed E-state index contributed by atoms with van der Waals surface area (Å²) in [6.07, 6.45) is 1.55. The Morgan fingerprint density at radius 2 is 1.88 bits per heavy atom. The second kappa shape index (κ2) is 6.90. The van der Waals surface area contributed by atoms with E-state index in [-0.39, 0.29) is 10.6 Å². The van der Waals surface area contributed by atoms with Crippen molar-refractivity contribution < 1.29 is 17.3 Å². The Labute approximate surface area is 151 Å². The predicted octanol–water partition coefficient (Wildman–Crippen LogP) is 4.36. The molecule has 25 heavy (non-hydrogen) atoms. The van der Waals surface area contributed by atoms with Crippen LogP contribution in [0.2, 0.25) is 5.02 Å². The highest BCUT2D eigenvalue weighted by molar-refractivity contribution is 7.87. The first-order valence-corrected chi connectivity index (χ1v) is 9.42. The highest BCUT2D eigenvalue weighted by Gasteiger charge is 2.20. The molecule has 0 amide bonds. The van der Waals surface area contributed by atoms with E-state index >= 15 is 0 Å². The molecule has 3 aromatic rings. The van der Waals surface area contributed by atoms with Crippen LogP contribution >= 0.6 is 11.6 Å². The normalized spacial score (nSPS) is 11.5. The maximum atomic E-state index is 12.6. The number of aromatic nitrogens is 1. The molecule has 0 radical (unpaired) electrons. The third kappa shape index (κ3) is 3.55. The Bertz CT molecular complexity index is 1030. The number of ether oxygens (including phenoxy) is 1. The minimum atomic E-state index is -4.01. The van der Waals surface area contributed by atoms with Crippen molar-refractivity contribution in [3.8, 4) is 11.5 Å². The van der Waals surface area contributed by atoms with Gasteiger partial charge in [0, 0.05) is 11.6 Å². The van der Waals surface area contributed by atoms with Crippen LogP contribution in [0.4, 0.5) is 0 Å². The van der Waals surface area contributed by atoms with E-state index in [9.17, 15) is 8.42 Å². The summed E-state index contributed by atoms with van der Waals surface area (Å²) in [5, 5.41) is 1.10. The number of pyridine rings is 1. The fraction of sp³-hybridized carbons (Fsp3) is 0.167. The summed E-state index contributed by atoms with van der Waals surface area (Å²) in [6.45, 7) is 4.15. The Balaban J connectivity index is 2.00. The molecule has 1 heterocycles. The van der Waals surface area contributed by atoms with Crippen LogP contribution in [-0.2, 0) is 10.1 Å². The molecule has 0 atom stereocenters. The van der Waals surface area contributed by atoms with E-state index in [0.717, 1.165) is 0 Å². The van der Waals surface area contributed by atoms with Crippen LogP contribution in [0.15, 0.2) is 53.6 Å². The predicted molar refractivity (Wildman–Crippen MR) is 96.9 cm³/mol. The Morgan fingerprint density at radius 3 is 2.60 bits per heavy atom. The quantitative estimate of drug-likeness (QED) is 0.618. The zero-order valence-electron chi connectivity index (χ0n) is 13.7. The van der Waals surface area contributed by atoms with Gasteiger partial charge in [0.2, 0.25) is 0 Å². The molecule has 0 fully saturated rings. The second-order valence-corrected chi connectivity index (χ2v) is 7.30. The van der Waals surface area contributed by atoms with Crippen molar-refractivity contribution >= 4 is 32.6 Å². The number of hydrogen-bond acceptors (Lipinski definition) is 5. The van der Waals surface area contributed by atoms with Gasteiger partial charge in [-0.05, 0) is 61.9 Å². The summed E-state index contributed by atoms with van der Waals surface area (Å²) < 4.78 is 36.0. The van der Waals surface area contributed by atoms with Crippen LogP contribution < -0.4 is 8.92 Å². The third-order valence-electron chi connectivity index (χ3n) is 3.61. The largest absolute Gasteiger partial charge is 0.494 e. The SMILES string of the molecule is CCOc1ccc(S(=O)(=O)Oc2ccc(Cl)c3cccnc23)cc1C. The molecular formula is C18H16ClNO4S. The molecule has 2 aromatic carbocycles. The molecular weight excluding hydrogens is 362 g/mol. The summed E-state index contributed by atoms with van der Waals surface area (Å²) in [6, 6.07) is 11.2. The fourth-order valence-electron chi connectivity index (χ4n) is 2.44. The monoisotopic (exact) mass is 377 g/mol. The van der Waals surface area contributed by atoms with Gasteiger partial charge < -0.3 is 8.92 Å². The summed E-state index contributed by atoms with van der Waals surface area (Å²) in [7, 11) is -4.01. The topological polar surface area (TPSA) is 65.5 Å². The van der Waals surface area contributed by atoms with Crippen LogP contribution in [0.3, 0.4) is 0 Å². The van der Waals surface area contributed by atoms with E-state index in [1.165, 1.54) is 18.2 Å². The molecule has 0 unspecified atom stereocenters. The lowest BCUT2D eigenvalue weighted by atomic mass is 10.2. The van der Waals surface area contributed by atoms with Gasteiger partial charge in [-0.1, -0.05) is 11.6 Å². The summed E-state index contributed by atoms with van der Waals surface area (Å²) in [5.74, 6) is 0.770. The van der Waals surface area contributed by atoms with Crippen molar-refractivity contribution in [1.82, 2.24) is 4.98 Å². The van der Waals surface area contributed by atoms with Gasteiger partial charge in [0.25, 0.3) is 0 Å². The molecule has 0 spiro atoms. The third-order valence-corrected chi connectivity index (χ3v) is 5.17. The average Bonchev–Trinajstić information content (AvgIpc) is 2.59. The molecule has 0 bridgehead atoms. The minimum absolute atomic E-state index is 0.0486. The number of halogens is 1. The van der Waals surface area contributed by atoms with Gasteiger partial charge in [0.05, 0.1) is 11.6 Å². The smallest absolute Gasteiger partial charge is 0.339 e. The van der Waals surface area contributed by atoms with Gasteiger partial charge in [-0.25, -0.2) is 0 Å². The molecule has 3 rings (SSSR count). The van der Waals surface area contributed by atoms with Crippen molar-refractivity contribution in [2.75, 3.05) is 6.61 Å². The fourth-order valence-corrected chi connectivity index (χ4v) is 3.68. The van der Waals surface area contributed by atoms with E-state index in [2.05, 4.69) is 4.98 Å². The molecule has 1 aromatic heterocycles. The summed E-state index contributed by atoms with van der Waals surface area (Å²) >= 11 is 6.13. The molecule has 0 aliphatic carbocycles.